The molecular weight excluding hydrogens is 468 g/mol. The number of hydrogen-bond acceptors (Lipinski definition) is 9. The number of amides is 3. The van der Waals surface area contributed by atoms with E-state index in [1.807, 2.05) is 0 Å². The van der Waals surface area contributed by atoms with Gasteiger partial charge in [0, 0.05) is 14.1 Å². The van der Waals surface area contributed by atoms with E-state index in [0.29, 0.717) is 17.1 Å². The normalized spacial score (nSPS) is 18.4. The molecule has 1 fully saturated rings. The molecule has 12 heteroatoms. The zero-order chi connectivity index (χ0) is 25.8. The fraction of sp³-hybridized carbons (Fsp3) is 0.292. The van der Waals surface area contributed by atoms with Gasteiger partial charge in [-0.3, -0.25) is 14.6 Å². The zero-order valence-electron chi connectivity index (χ0n) is 20.0. The highest BCUT2D eigenvalue weighted by atomic mass is 16.5. The van der Waals surface area contributed by atoms with Gasteiger partial charge in [0.1, 0.15) is 30.0 Å². The van der Waals surface area contributed by atoms with Crippen molar-refractivity contribution in [3.8, 4) is 17.2 Å². The molecule has 2 aliphatic rings. The number of urea groups is 1. The van der Waals surface area contributed by atoms with Crippen LogP contribution in [0.3, 0.4) is 0 Å². The Hall–Kier alpha value is -4.45. The topological polar surface area (TPSA) is 139 Å². The Labute approximate surface area is 207 Å². The van der Waals surface area contributed by atoms with Gasteiger partial charge in [-0.25, -0.2) is 9.37 Å². The summed E-state index contributed by atoms with van der Waals surface area (Å²) in [4.78, 5) is 32.1. The first-order chi connectivity index (χ1) is 17.3. The van der Waals surface area contributed by atoms with E-state index in [9.17, 15) is 19.8 Å². The van der Waals surface area contributed by atoms with Crippen LogP contribution in [0.25, 0.3) is 0 Å². The maximum absolute atomic E-state index is 13.0. The van der Waals surface area contributed by atoms with Crippen molar-refractivity contribution in [1.29, 1.82) is 0 Å². The van der Waals surface area contributed by atoms with Crippen molar-refractivity contribution in [3.05, 3.63) is 54.1 Å². The summed E-state index contributed by atoms with van der Waals surface area (Å²) in [6.07, 6.45) is 0.513. The molecule has 0 spiro atoms. The molecule has 2 atom stereocenters. The van der Waals surface area contributed by atoms with Gasteiger partial charge in [0.2, 0.25) is 11.9 Å². The van der Waals surface area contributed by atoms with Gasteiger partial charge in [0.15, 0.2) is 0 Å². The SMILES string of the molecule is COc1ccc(OCC(O)C[N+]2=C(N/N=C/c3ccc(O)cc3)N=C3C2C(=O)N(C)C(=O)N3C)cc1. The molecule has 1 saturated heterocycles. The van der Waals surface area contributed by atoms with Crippen LogP contribution in [-0.2, 0) is 4.79 Å². The first kappa shape index (κ1) is 24.7. The maximum atomic E-state index is 13.0. The summed E-state index contributed by atoms with van der Waals surface area (Å²) in [6, 6.07) is 11.9. The van der Waals surface area contributed by atoms with Crippen LogP contribution in [0, 0.1) is 0 Å². The number of likely N-dealkylation sites (N-methyl/N-ethyl adjacent to an activating group) is 2. The monoisotopic (exact) mass is 495 g/mol. The van der Waals surface area contributed by atoms with E-state index in [1.54, 1.807) is 48.1 Å². The molecule has 2 aromatic carbocycles. The van der Waals surface area contributed by atoms with E-state index in [-0.39, 0.29) is 30.7 Å². The Kier molecular flexibility index (Phi) is 7.15. The largest absolute Gasteiger partial charge is 0.508 e. The maximum Gasteiger partial charge on any atom is 0.414 e. The van der Waals surface area contributed by atoms with E-state index in [2.05, 4.69) is 15.5 Å². The minimum Gasteiger partial charge on any atom is -0.508 e. The van der Waals surface area contributed by atoms with Gasteiger partial charge in [-0.2, -0.15) is 5.43 Å². The van der Waals surface area contributed by atoms with Crippen molar-refractivity contribution < 1.29 is 33.9 Å². The molecule has 2 aromatic rings. The lowest BCUT2D eigenvalue weighted by molar-refractivity contribution is -0.545. The van der Waals surface area contributed by atoms with Crippen molar-refractivity contribution in [2.24, 2.45) is 10.1 Å². The molecule has 3 N–H and O–H groups in total. The molecule has 36 heavy (non-hydrogen) atoms. The van der Waals surface area contributed by atoms with Crippen molar-refractivity contribution in [1.82, 2.24) is 15.2 Å². The summed E-state index contributed by atoms with van der Waals surface area (Å²) < 4.78 is 12.3. The number of ether oxygens (including phenoxy) is 2. The lowest BCUT2D eigenvalue weighted by atomic mass is 10.1. The Morgan fingerprint density at radius 3 is 2.44 bits per heavy atom. The van der Waals surface area contributed by atoms with Crippen LogP contribution in [0.2, 0.25) is 0 Å². The number of methoxy groups -OCH3 is 1. The molecule has 2 heterocycles. The van der Waals surface area contributed by atoms with Crippen LogP contribution >= 0.6 is 0 Å². The smallest absolute Gasteiger partial charge is 0.414 e. The van der Waals surface area contributed by atoms with Gasteiger partial charge < -0.3 is 19.7 Å². The van der Waals surface area contributed by atoms with Crippen LogP contribution in [0.15, 0.2) is 58.6 Å². The first-order valence-corrected chi connectivity index (χ1v) is 11.1. The van der Waals surface area contributed by atoms with Crippen molar-refractivity contribution in [2.75, 3.05) is 34.4 Å². The molecule has 2 aliphatic heterocycles. The summed E-state index contributed by atoms with van der Waals surface area (Å²) in [7, 11) is 4.49. The fourth-order valence-corrected chi connectivity index (χ4v) is 3.75. The molecule has 188 valence electrons. The lowest BCUT2D eigenvalue weighted by Gasteiger charge is -2.32. The number of aromatic hydroxyl groups is 1. The lowest BCUT2D eigenvalue weighted by Crippen LogP contribution is -2.62. The van der Waals surface area contributed by atoms with Gasteiger partial charge in [0.25, 0.3) is 5.91 Å². The highest BCUT2D eigenvalue weighted by molar-refractivity contribution is 6.22. The van der Waals surface area contributed by atoms with E-state index in [4.69, 9.17) is 9.47 Å². The van der Waals surface area contributed by atoms with E-state index in [1.165, 1.54) is 37.3 Å². The number of guanidine groups is 1. The first-order valence-electron chi connectivity index (χ1n) is 11.1. The predicted octanol–water partition coefficient (Wildman–Crippen LogP) is 0.437. The number of imide groups is 1. The number of hydrazone groups is 1. The number of fused-ring (bicyclic) bond motifs is 1. The standard InChI is InChI=1S/C24H26N6O6/c1-28-21-20(22(33)29(2)24(28)34)30(13-17(32)14-36-19-10-8-18(35-3)9-11-19)23(26-21)27-25-12-15-4-6-16(31)7-5-15/h4-12,17,20,32H,13-14H2,1-3H3,(H,25,31)/p+1. The van der Waals surface area contributed by atoms with Crippen LogP contribution in [0.1, 0.15) is 5.56 Å². The molecule has 12 nitrogen and oxygen atoms in total. The van der Waals surface area contributed by atoms with Crippen LogP contribution < -0.4 is 14.9 Å². The second-order valence-electron chi connectivity index (χ2n) is 8.19. The van der Waals surface area contributed by atoms with Crippen LogP contribution in [0.5, 0.6) is 17.2 Å². The number of aliphatic imine (C=N–C) groups is 1. The summed E-state index contributed by atoms with van der Waals surface area (Å²) >= 11 is 0. The van der Waals surface area contributed by atoms with Crippen molar-refractivity contribution in [3.63, 3.8) is 0 Å². The number of carbonyl (C=O) groups excluding carboxylic acids is 2. The molecular formula is C24H27N6O6+. The number of nitrogens with one attached hydrogen (secondary N) is 1. The highest BCUT2D eigenvalue weighted by Gasteiger charge is 2.51. The van der Waals surface area contributed by atoms with Gasteiger partial charge in [0.05, 0.1) is 19.9 Å². The fourth-order valence-electron chi connectivity index (χ4n) is 3.75. The number of β-amino-alcohol motifs (C(OH)–C–C–N with tert-alkyl or cyclic N) is 1. The molecule has 0 aromatic heterocycles. The highest BCUT2D eigenvalue weighted by Crippen LogP contribution is 2.20. The molecule has 4 rings (SSSR count). The summed E-state index contributed by atoms with van der Waals surface area (Å²) in [5, 5.41) is 24.3. The van der Waals surface area contributed by atoms with Gasteiger partial charge >= 0.3 is 12.0 Å². The van der Waals surface area contributed by atoms with Crippen LogP contribution in [-0.4, -0.2) is 101 Å². The number of aliphatic hydroxyl groups excluding tert-OH is 1. The number of carbonyl (C=O) groups is 2. The van der Waals surface area contributed by atoms with Crippen LogP contribution in [0.4, 0.5) is 4.79 Å². The predicted molar refractivity (Wildman–Crippen MR) is 131 cm³/mol. The summed E-state index contributed by atoms with van der Waals surface area (Å²) in [5.41, 5.74) is 3.52. The summed E-state index contributed by atoms with van der Waals surface area (Å²) in [5.74, 6) is 1.31. The molecule has 0 radical (unpaired) electrons. The minimum atomic E-state index is -0.999. The average molecular weight is 496 g/mol. The van der Waals surface area contributed by atoms with Gasteiger partial charge in [-0.1, -0.05) is 4.99 Å². The number of phenols is 1. The molecule has 0 saturated carbocycles. The molecule has 2 unspecified atom stereocenters. The molecule has 0 aliphatic carbocycles. The Balaban J connectivity index is 1.53. The second kappa shape index (κ2) is 10.4. The van der Waals surface area contributed by atoms with Crippen molar-refractivity contribution >= 4 is 29.9 Å². The molecule has 3 amide bonds. The average Bonchev–Trinajstić information content (AvgIpc) is 3.24. The third-order valence-electron chi connectivity index (χ3n) is 5.71. The Bertz CT molecular complexity index is 1220. The van der Waals surface area contributed by atoms with Gasteiger partial charge in [-0.05, 0) is 54.1 Å². The number of aliphatic hydroxyl groups is 1. The second-order valence-corrected chi connectivity index (χ2v) is 8.19. The number of amidine groups is 1. The zero-order valence-corrected chi connectivity index (χ0v) is 20.0. The third-order valence-corrected chi connectivity index (χ3v) is 5.71. The van der Waals surface area contributed by atoms with E-state index in [0.717, 1.165) is 4.90 Å². The van der Waals surface area contributed by atoms with Gasteiger partial charge in [-0.15, -0.1) is 5.10 Å². The number of rotatable bonds is 8. The Morgan fingerprint density at radius 1 is 1.11 bits per heavy atom. The van der Waals surface area contributed by atoms with Crippen molar-refractivity contribution in [2.45, 2.75) is 12.1 Å². The number of phenolic OH excluding ortho intramolecular Hbond substituents is 1. The van der Waals surface area contributed by atoms with E-state index >= 15 is 0 Å². The number of hydrogen-bond donors (Lipinski definition) is 3. The van der Waals surface area contributed by atoms with E-state index < -0.39 is 24.1 Å². The quantitative estimate of drug-likeness (QED) is 0.274. The third kappa shape index (κ3) is 5.13. The number of benzene rings is 2. The number of nitrogens with zero attached hydrogens (tertiary/aromatic N) is 5. The Morgan fingerprint density at radius 2 is 1.78 bits per heavy atom. The minimum absolute atomic E-state index is 0.0213. The summed E-state index contributed by atoms with van der Waals surface area (Å²) in [6.45, 7) is -0.0692. The molecule has 0 bridgehead atoms.